The fraction of sp³-hybridized carbons (Fsp3) is 0.538. The topological polar surface area (TPSA) is 37.4 Å². The van der Waals surface area contributed by atoms with E-state index in [0.29, 0.717) is 23.9 Å². The molecule has 0 heterocycles. The molecule has 0 aliphatic rings. The third kappa shape index (κ3) is 2.87. The SMILES string of the molecule is CCN(CC)S(=O)(=O)c1cc(CCl)c(C)cc1C. The van der Waals surface area contributed by atoms with Gasteiger partial charge in [-0.2, -0.15) is 4.31 Å². The maximum absolute atomic E-state index is 12.5. The van der Waals surface area contributed by atoms with Crippen molar-refractivity contribution in [2.24, 2.45) is 0 Å². The lowest BCUT2D eigenvalue weighted by Crippen LogP contribution is -2.31. The summed E-state index contributed by atoms with van der Waals surface area (Å²) in [5, 5.41) is 0. The van der Waals surface area contributed by atoms with Crippen molar-refractivity contribution in [2.75, 3.05) is 13.1 Å². The highest BCUT2D eigenvalue weighted by atomic mass is 35.5. The van der Waals surface area contributed by atoms with Crippen LogP contribution in [-0.4, -0.2) is 25.8 Å². The van der Waals surface area contributed by atoms with Gasteiger partial charge in [-0.15, -0.1) is 11.6 Å². The molecule has 0 saturated heterocycles. The molecule has 0 amide bonds. The molecule has 1 aromatic carbocycles. The molecule has 102 valence electrons. The predicted molar refractivity (Wildman–Crippen MR) is 75.6 cm³/mol. The minimum absolute atomic E-state index is 0.326. The highest BCUT2D eigenvalue weighted by Gasteiger charge is 2.24. The molecule has 1 aromatic rings. The number of alkyl halides is 1. The summed E-state index contributed by atoms with van der Waals surface area (Å²) in [6, 6.07) is 3.58. The molecule has 0 aliphatic carbocycles. The predicted octanol–water partition coefficient (Wildman–Crippen LogP) is 3.07. The van der Waals surface area contributed by atoms with Crippen LogP contribution in [0.25, 0.3) is 0 Å². The Morgan fingerprint density at radius 3 is 2.11 bits per heavy atom. The third-order valence-electron chi connectivity index (χ3n) is 3.10. The van der Waals surface area contributed by atoms with Gasteiger partial charge < -0.3 is 0 Å². The third-order valence-corrected chi connectivity index (χ3v) is 5.58. The van der Waals surface area contributed by atoms with E-state index >= 15 is 0 Å². The van der Waals surface area contributed by atoms with E-state index in [2.05, 4.69) is 0 Å². The molecule has 0 bridgehead atoms. The van der Waals surface area contributed by atoms with E-state index in [4.69, 9.17) is 11.6 Å². The van der Waals surface area contributed by atoms with E-state index in [1.54, 1.807) is 6.07 Å². The number of benzene rings is 1. The van der Waals surface area contributed by atoms with Crippen molar-refractivity contribution >= 4 is 21.6 Å². The molecule has 3 nitrogen and oxygen atoms in total. The van der Waals surface area contributed by atoms with Crippen molar-refractivity contribution in [3.05, 3.63) is 28.8 Å². The minimum Gasteiger partial charge on any atom is -0.207 e. The summed E-state index contributed by atoms with van der Waals surface area (Å²) in [6.07, 6.45) is 0. The van der Waals surface area contributed by atoms with E-state index in [0.717, 1.165) is 16.7 Å². The molecule has 0 fully saturated rings. The summed E-state index contributed by atoms with van der Waals surface area (Å²) in [6.45, 7) is 8.39. The highest BCUT2D eigenvalue weighted by molar-refractivity contribution is 7.89. The van der Waals surface area contributed by atoms with Crippen molar-refractivity contribution in [3.63, 3.8) is 0 Å². The van der Waals surface area contributed by atoms with Gasteiger partial charge in [-0.25, -0.2) is 8.42 Å². The molecular weight excluding hydrogens is 270 g/mol. The molecule has 0 N–H and O–H groups in total. The van der Waals surface area contributed by atoms with Gasteiger partial charge in [-0.3, -0.25) is 0 Å². The molecule has 18 heavy (non-hydrogen) atoms. The zero-order valence-corrected chi connectivity index (χ0v) is 12.9. The first-order chi connectivity index (χ1) is 8.38. The number of hydrogen-bond acceptors (Lipinski definition) is 2. The summed E-state index contributed by atoms with van der Waals surface area (Å²) >= 11 is 5.85. The Balaban J connectivity index is 3.41. The summed E-state index contributed by atoms with van der Waals surface area (Å²) in [4.78, 5) is 0.368. The quantitative estimate of drug-likeness (QED) is 0.781. The van der Waals surface area contributed by atoms with Gasteiger partial charge in [0.05, 0.1) is 4.90 Å². The van der Waals surface area contributed by atoms with Gasteiger partial charge in [-0.1, -0.05) is 19.9 Å². The Morgan fingerprint density at radius 1 is 1.11 bits per heavy atom. The van der Waals surface area contributed by atoms with Crippen LogP contribution in [0.5, 0.6) is 0 Å². The van der Waals surface area contributed by atoms with Gasteiger partial charge in [0.1, 0.15) is 0 Å². The fourth-order valence-corrected chi connectivity index (χ4v) is 4.00. The number of nitrogens with zero attached hydrogens (tertiary/aromatic N) is 1. The lowest BCUT2D eigenvalue weighted by molar-refractivity contribution is 0.445. The van der Waals surface area contributed by atoms with Crippen LogP contribution < -0.4 is 0 Å². The van der Waals surface area contributed by atoms with Crippen molar-refractivity contribution in [1.82, 2.24) is 4.31 Å². The van der Waals surface area contributed by atoms with Crippen LogP contribution in [0.3, 0.4) is 0 Å². The zero-order chi connectivity index (χ0) is 13.9. The van der Waals surface area contributed by atoms with Crippen LogP contribution in [-0.2, 0) is 15.9 Å². The molecule has 1 rings (SSSR count). The van der Waals surface area contributed by atoms with Crippen LogP contribution >= 0.6 is 11.6 Å². The molecule has 0 spiro atoms. The second-order valence-corrected chi connectivity index (χ2v) is 6.44. The Labute approximate surface area is 115 Å². The average Bonchev–Trinajstić information content (AvgIpc) is 2.30. The normalized spacial score (nSPS) is 12.1. The molecule has 0 radical (unpaired) electrons. The van der Waals surface area contributed by atoms with Gasteiger partial charge in [0.15, 0.2) is 0 Å². The molecule has 5 heteroatoms. The van der Waals surface area contributed by atoms with E-state index in [9.17, 15) is 8.42 Å². The first kappa shape index (κ1) is 15.5. The molecule has 0 aromatic heterocycles. The van der Waals surface area contributed by atoms with Gasteiger partial charge in [-0.05, 0) is 36.6 Å². The van der Waals surface area contributed by atoms with Gasteiger partial charge in [0.25, 0.3) is 0 Å². The number of hydrogen-bond donors (Lipinski definition) is 0. The maximum atomic E-state index is 12.5. The largest absolute Gasteiger partial charge is 0.243 e. The van der Waals surface area contributed by atoms with Crippen molar-refractivity contribution < 1.29 is 8.42 Å². The fourth-order valence-electron chi connectivity index (χ4n) is 2.00. The monoisotopic (exact) mass is 289 g/mol. The van der Waals surface area contributed by atoms with Crippen LogP contribution in [0.1, 0.15) is 30.5 Å². The Bertz CT molecular complexity index is 522. The number of halogens is 1. The Kier molecular flexibility index (Phi) is 5.20. The highest BCUT2D eigenvalue weighted by Crippen LogP contribution is 2.24. The second kappa shape index (κ2) is 6.04. The van der Waals surface area contributed by atoms with Crippen LogP contribution in [0.4, 0.5) is 0 Å². The molecule has 0 saturated carbocycles. The first-order valence-corrected chi connectivity index (χ1v) is 8.02. The second-order valence-electron chi connectivity index (χ2n) is 4.27. The maximum Gasteiger partial charge on any atom is 0.243 e. The van der Waals surface area contributed by atoms with Crippen LogP contribution in [0.15, 0.2) is 17.0 Å². The number of rotatable bonds is 5. The summed E-state index contributed by atoms with van der Waals surface area (Å²) in [5.41, 5.74) is 2.67. The van der Waals surface area contributed by atoms with Gasteiger partial charge in [0, 0.05) is 19.0 Å². The van der Waals surface area contributed by atoms with E-state index < -0.39 is 10.0 Å². The van der Waals surface area contributed by atoms with E-state index in [1.807, 2.05) is 33.8 Å². The lowest BCUT2D eigenvalue weighted by atomic mass is 10.1. The van der Waals surface area contributed by atoms with Crippen molar-refractivity contribution in [2.45, 2.75) is 38.5 Å². The molecule has 0 atom stereocenters. The Hall–Kier alpha value is -0.580. The van der Waals surface area contributed by atoms with Gasteiger partial charge in [0.2, 0.25) is 10.0 Å². The number of sulfonamides is 1. The molecule has 0 aliphatic heterocycles. The summed E-state index contributed by atoms with van der Waals surface area (Å²) < 4.78 is 26.4. The minimum atomic E-state index is -3.41. The first-order valence-electron chi connectivity index (χ1n) is 6.04. The smallest absolute Gasteiger partial charge is 0.207 e. The molecular formula is C13H20ClNO2S. The standard InChI is InChI=1S/C13H20ClNO2S/c1-5-15(6-2)18(16,17)13-8-12(9-14)10(3)7-11(13)4/h7-8H,5-6,9H2,1-4H3. The molecule has 0 unspecified atom stereocenters. The average molecular weight is 290 g/mol. The van der Waals surface area contributed by atoms with Crippen LogP contribution in [0.2, 0.25) is 0 Å². The number of aryl methyl sites for hydroxylation is 2. The lowest BCUT2D eigenvalue weighted by Gasteiger charge is -2.20. The Morgan fingerprint density at radius 2 is 1.67 bits per heavy atom. The van der Waals surface area contributed by atoms with Crippen molar-refractivity contribution in [3.8, 4) is 0 Å². The zero-order valence-electron chi connectivity index (χ0n) is 11.3. The summed E-state index contributed by atoms with van der Waals surface area (Å²) in [7, 11) is -3.41. The summed E-state index contributed by atoms with van der Waals surface area (Å²) in [5.74, 6) is 0.326. The van der Waals surface area contributed by atoms with Crippen molar-refractivity contribution in [1.29, 1.82) is 0 Å². The van der Waals surface area contributed by atoms with E-state index in [-0.39, 0.29) is 0 Å². The van der Waals surface area contributed by atoms with Gasteiger partial charge >= 0.3 is 0 Å². The van der Waals surface area contributed by atoms with Crippen LogP contribution in [0, 0.1) is 13.8 Å². The van der Waals surface area contributed by atoms with E-state index in [1.165, 1.54) is 4.31 Å².